The van der Waals surface area contributed by atoms with Gasteiger partial charge in [-0.2, -0.15) is 0 Å². The third-order valence-electron chi connectivity index (χ3n) is 6.58. The van der Waals surface area contributed by atoms with E-state index in [9.17, 15) is 24.0 Å². The fraction of sp³-hybridized carbons (Fsp3) is 0.370. The molecule has 0 saturated carbocycles. The van der Waals surface area contributed by atoms with Crippen LogP contribution in [-0.4, -0.2) is 47.0 Å². The van der Waals surface area contributed by atoms with E-state index in [2.05, 4.69) is 16.0 Å². The first-order valence-electron chi connectivity index (χ1n) is 12.1. The minimum absolute atomic E-state index is 0.118. The Kier molecular flexibility index (Phi) is 7.47. The molecule has 2 atom stereocenters. The number of benzene rings is 2. The first kappa shape index (κ1) is 25.1. The van der Waals surface area contributed by atoms with E-state index < -0.39 is 17.9 Å². The highest BCUT2D eigenvalue weighted by Crippen LogP contribution is 2.28. The molecule has 0 bridgehead atoms. The van der Waals surface area contributed by atoms with Crippen molar-refractivity contribution in [2.24, 2.45) is 5.92 Å². The summed E-state index contributed by atoms with van der Waals surface area (Å²) < 4.78 is 0. The Labute approximate surface area is 209 Å². The van der Waals surface area contributed by atoms with Gasteiger partial charge in [0.05, 0.1) is 5.92 Å². The van der Waals surface area contributed by atoms with Gasteiger partial charge in [0.2, 0.25) is 23.6 Å². The SMILES string of the molecule is CC(C)C(=O)NCC(C(=O)NCc1ccc2c(c1)CN(C1CCC(=O)NC1=O)C2=O)c1ccccc1. The van der Waals surface area contributed by atoms with Gasteiger partial charge in [-0.05, 0) is 29.2 Å². The van der Waals surface area contributed by atoms with Gasteiger partial charge < -0.3 is 15.5 Å². The molecule has 3 N–H and O–H groups in total. The van der Waals surface area contributed by atoms with Crippen LogP contribution in [0.3, 0.4) is 0 Å². The van der Waals surface area contributed by atoms with Crippen LogP contribution in [0.15, 0.2) is 48.5 Å². The predicted octanol–water partition coefficient (Wildman–Crippen LogP) is 1.62. The summed E-state index contributed by atoms with van der Waals surface area (Å²) in [4.78, 5) is 63.3. The van der Waals surface area contributed by atoms with Crippen molar-refractivity contribution < 1.29 is 24.0 Å². The van der Waals surface area contributed by atoms with Crippen LogP contribution in [0, 0.1) is 5.92 Å². The molecular weight excluding hydrogens is 460 g/mol. The zero-order valence-corrected chi connectivity index (χ0v) is 20.4. The number of piperidine rings is 1. The predicted molar refractivity (Wildman–Crippen MR) is 131 cm³/mol. The maximum absolute atomic E-state index is 13.1. The molecule has 188 valence electrons. The first-order valence-corrected chi connectivity index (χ1v) is 12.1. The molecule has 1 fully saturated rings. The molecule has 0 aliphatic carbocycles. The zero-order chi connectivity index (χ0) is 25.8. The van der Waals surface area contributed by atoms with E-state index in [1.165, 1.54) is 4.90 Å². The molecule has 4 rings (SSSR count). The lowest BCUT2D eigenvalue weighted by Crippen LogP contribution is -2.52. The van der Waals surface area contributed by atoms with E-state index in [-0.39, 0.29) is 55.6 Å². The van der Waals surface area contributed by atoms with Gasteiger partial charge in [0.15, 0.2) is 0 Å². The van der Waals surface area contributed by atoms with Crippen LogP contribution >= 0.6 is 0 Å². The van der Waals surface area contributed by atoms with Crippen molar-refractivity contribution in [3.05, 3.63) is 70.8 Å². The van der Waals surface area contributed by atoms with Crippen LogP contribution in [0.4, 0.5) is 0 Å². The summed E-state index contributed by atoms with van der Waals surface area (Å²) >= 11 is 0. The Hall–Kier alpha value is -4.01. The van der Waals surface area contributed by atoms with Crippen LogP contribution < -0.4 is 16.0 Å². The summed E-state index contributed by atoms with van der Waals surface area (Å²) in [7, 11) is 0. The molecule has 2 aliphatic rings. The summed E-state index contributed by atoms with van der Waals surface area (Å²) in [6.07, 6.45) is 0.509. The summed E-state index contributed by atoms with van der Waals surface area (Å²) in [5.41, 5.74) is 2.92. The van der Waals surface area contributed by atoms with Gasteiger partial charge in [-0.15, -0.1) is 0 Å². The fourth-order valence-corrected chi connectivity index (χ4v) is 4.50. The maximum atomic E-state index is 13.1. The number of nitrogens with zero attached hydrogens (tertiary/aromatic N) is 1. The van der Waals surface area contributed by atoms with Crippen molar-refractivity contribution in [2.45, 2.75) is 51.7 Å². The highest BCUT2D eigenvalue weighted by atomic mass is 16.2. The lowest BCUT2D eigenvalue weighted by Gasteiger charge is -2.29. The standard InChI is InChI=1S/C27H30N4O5/c1-16(2)24(33)29-14-21(18-6-4-3-5-7-18)25(34)28-13-17-8-9-20-19(12-17)15-31(27(20)36)22-10-11-23(32)30-26(22)35/h3-9,12,16,21-22H,10-11,13-15H2,1-2H3,(H,28,34)(H,29,33)(H,30,32,35). The monoisotopic (exact) mass is 490 g/mol. The smallest absolute Gasteiger partial charge is 0.255 e. The minimum Gasteiger partial charge on any atom is -0.355 e. The van der Waals surface area contributed by atoms with Crippen LogP contribution in [0.1, 0.15) is 59.7 Å². The van der Waals surface area contributed by atoms with E-state index >= 15 is 0 Å². The molecule has 5 amide bonds. The summed E-state index contributed by atoms with van der Waals surface area (Å²) in [5, 5.41) is 8.09. The highest BCUT2D eigenvalue weighted by Gasteiger charge is 2.39. The molecular formula is C27H30N4O5. The molecule has 2 unspecified atom stereocenters. The van der Waals surface area contributed by atoms with E-state index in [4.69, 9.17) is 0 Å². The summed E-state index contributed by atoms with van der Waals surface area (Å²) in [5.74, 6) is -2.07. The van der Waals surface area contributed by atoms with Crippen LogP contribution in [-0.2, 0) is 32.3 Å². The molecule has 2 aliphatic heterocycles. The number of nitrogens with one attached hydrogen (secondary N) is 3. The second-order valence-corrected chi connectivity index (χ2v) is 9.47. The van der Waals surface area contributed by atoms with Crippen molar-refractivity contribution in [3.63, 3.8) is 0 Å². The second kappa shape index (κ2) is 10.7. The fourth-order valence-electron chi connectivity index (χ4n) is 4.50. The van der Waals surface area contributed by atoms with E-state index in [1.807, 2.05) is 36.4 Å². The van der Waals surface area contributed by atoms with Gasteiger partial charge in [-0.3, -0.25) is 29.3 Å². The third-order valence-corrected chi connectivity index (χ3v) is 6.58. The number of hydrogen-bond acceptors (Lipinski definition) is 5. The molecule has 36 heavy (non-hydrogen) atoms. The Morgan fingerprint density at radius 3 is 2.47 bits per heavy atom. The largest absolute Gasteiger partial charge is 0.355 e. The van der Waals surface area contributed by atoms with Gasteiger partial charge in [0.25, 0.3) is 5.91 Å². The van der Waals surface area contributed by atoms with Gasteiger partial charge in [0.1, 0.15) is 6.04 Å². The average Bonchev–Trinajstić information content (AvgIpc) is 3.18. The van der Waals surface area contributed by atoms with E-state index in [1.54, 1.807) is 26.0 Å². The number of amides is 5. The van der Waals surface area contributed by atoms with Crippen LogP contribution in [0.25, 0.3) is 0 Å². The van der Waals surface area contributed by atoms with Crippen LogP contribution in [0.5, 0.6) is 0 Å². The van der Waals surface area contributed by atoms with Crippen molar-refractivity contribution in [3.8, 4) is 0 Å². The molecule has 0 spiro atoms. The van der Waals surface area contributed by atoms with Crippen molar-refractivity contribution in [1.82, 2.24) is 20.9 Å². The van der Waals surface area contributed by atoms with E-state index in [0.717, 1.165) is 16.7 Å². The number of rotatable bonds is 8. The number of carbonyl (C=O) groups is 5. The number of imide groups is 1. The molecule has 9 heteroatoms. The van der Waals surface area contributed by atoms with Gasteiger partial charge in [-0.25, -0.2) is 0 Å². The molecule has 0 radical (unpaired) electrons. The number of carbonyl (C=O) groups excluding carboxylic acids is 5. The second-order valence-electron chi connectivity index (χ2n) is 9.47. The zero-order valence-electron chi connectivity index (χ0n) is 20.4. The normalized spacial score (nSPS) is 18.0. The highest BCUT2D eigenvalue weighted by molar-refractivity contribution is 6.05. The number of fused-ring (bicyclic) bond motifs is 1. The molecule has 1 saturated heterocycles. The Balaban J connectivity index is 1.42. The Morgan fingerprint density at radius 1 is 1.03 bits per heavy atom. The van der Waals surface area contributed by atoms with Crippen LogP contribution in [0.2, 0.25) is 0 Å². The third kappa shape index (κ3) is 5.45. The summed E-state index contributed by atoms with van der Waals surface area (Å²) in [6.45, 7) is 4.31. The maximum Gasteiger partial charge on any atom is 0.255 e. The van der Waals surface area contributed by atoms with Crippen molar-refractivity contribution in [1.29, 1.82) is 0 Å². The molecule has 9 nitrogen and oxygen atoms in total. The molecule has 2 aromatic carbocycles. The number of hydrogen-bond donors (Lipinski definition) is 3. The summed E-state index contributed by atoms with van der Waals surface area (Å²) in [6, 6.07) is 14.0. The lowest BCUT2D eigenvalue weighted by molar-refractivity contribution is -0.137. The topological polar surface area (TPSA) is 125 Å². The van der Waals surface area contributed by atoms with Gasteiger partial charge in [-0.1, -0.05) is 56.3 Å². The average molecular weight is 491 g/mol. The van der Waals surface area contributed by atoms with Gasteiger partial charge >= 0.3 is 0 Å². The van der Waals surface area contributed by atoms with Gasteiger partial charge in [0, 0.05) is 37.5 Å². The van der Waals surface area contributed by atoms with Crippen molar-refractivity contribution in [2.75, 3.05) is 6.54 Å². The first-order chi connectivity index (χ1) is 17.2. The molecule has 2 aromatic rings. The Bertz CT molecular complexity index is 1190. The quantitative estimate of drug-likeness (QED) is 0.485. The van der Waals surface area contributed by atoms with E-state index in [0.29, 0.717) is 12.0 Å². The Morgan fingerprint density at radius 2 is 1.78 bits per heavy atom. The lowest BCUT2D eigenvalue weighted by atomic mass is 9.97. The van der Waals surface area contributed by atoms with Crippen molar-refractivity contribution >= 4 is 29.5 Å². The minimum atomic E-state index is -0.668. The molecule has 0 aromatic heterocycles. The molecule has 2 heterocycles.